The van der Waals surface area contributed by atoms with Crippen LogP contribution in [0, 0.1) is 24.2 Å². The molecule has 1 unspecified atom stereocenters. The van der Waals surface area contributed by atoms with Gasteiger partial charge in [0.15, 0.2) is 0 Å². The Morgan fingerprint density at radius 3 is 3.05 bits per heavy atom. The summed E-state index contributed by atoms with van der Waals surface area (Å²) in [6.45, 7) is 3.12. The number of carbonyl (C=O) groups excluding carboxylic acids is 1. The monoisotopic (exact) mass is 259 g/mol. The first-order valence-electron chi connectivity index (χ1n) is 6.43. The zero-order valence-corrected chi connectivity index (χ0v) is 11.0. The van der Waals surface area contributed by atoms with Crippen LogP contribution in [0.5, 0.6) is 0 Å². The van der Waals surface area contributed by atoms with Crippen molar-refractivity contribution in [2.45, 2.75) is 19.8 Å². The van der Waals surface area contributed by atoms with Crippen molar-refractivity contribution in [2.75, 3.05) is 19.7 Å². The van der Waals surface area contributed by atoms with Gasteiger partial charge in [0.2, 0.25) is 0 Å². The molecular weight excluding hydrogens is 242 g/mol. The van der Waals surface area contributed by atoms with Crippen molar-refractivity contribution in [3.63, 3.8) is 0 Å². The van der Waals surface area contributed by atoms with Crippen LogP contribution in [0.3, 0.4) is 0 Å². The lowest BCUT2D eigenvalue weighted by molar-refractivity contribution is 0.0615. The molecule has 100 valence electrons. The third-order valence-electron chi connectivity index (χ3n) is 3.49. The van der Waals surface area contributed by atoms with Crippen molar-refractivity contribution < 1.29 is 9.90 Å². The number of likely N-dealkylation sites (tertiary alicyclic amines) is 1. The average Bonchev–Trinajstić information content (AvgIpc) is 2.46. The van der Waals surface area contributed by atoms with E-state index in [2.05, 4.69) is 4.98 Å². The van der Waals surface area contributed by atoms with E-state index in [1.165, 1.54) is 0 Å². The number of aliphatic hydroxyl groups is 1. The molecule has 1 aromatic rings. The first-order valence-corrected chi connectivity index (χ1v) is 6.43. The smallest absolute Gasteiger partial charge is 0.272 e. The fourth-order valence-corrected chi connectivity index (χ4v) is 2.36. The van der Waals surface area contributed by atoms with Crippen LogP contribution in [0.4, 0.5) is 0 Å². The third-order valence-corrected chi connectivity index (χ3v) is 3.49. The van der Waals surface area contributed by atoms with Gasteiger partial charge in [0, 0.05) is 19.7 Å². The minimum absolute atomic E-state index is 0.115. The lowest BCUT2D eigenvalue weighted by atomic mass is 9.99. The predicted octanol–water partition coefficient (Wildman–Crippen LogP) is 1.11. The zero-order valence-electron chi connectivity index (χ0n) is 11.0. The van der Waals surface area contributed by atoms with E-state index in [0.717, 1.165) is 12.8 Å². The van der Waals surface area contributed by atoms with Gasteiger partial charge in [-0.3, -0.25) is 4.79 Å². The Morgan fingerprint density at radius 1 is 1.63 bits per heavy atom. The van der Waals surface area contributed by atoms with Gasteiger partial charge in [-0.05, 0) is 37.8 Å². The number of carbonyl (C=O) groups is 1. The van der Waals surface area contributed by atoms with Crippen LogP contribution in [-0.4, -0.2) is 40.6 Å². The molecule has 19 heavy (non-hydrogen) atoms. The van der Waals surface area contributed by atoms with Gasteiger partial charge in [-0.2, -0.15) is 5.26 Å². The molecule has 0 saturated carbocycles. The molecule has 0 spiro atoms. The Hall–Kier alpha value is -1.93. The molecule has 2 heterocycles. The molecule has 1 N–H and O–H groups in total. The van der Waals surface area contributed by atoms with E-state index in [4.69, 9.17) is 5.26 Å². The molecule has 0 aromatic carbocycles. The number of amides is 1. The number of aliphatic hydroxyl groups excluding tert-OH is 1. The molecule has 0 bridgehead atoms. The third kappa shape index (κ3) is 2.91. The number of nitrogens with zero attached hydrogens (tertiary/aromatic N) is 3. The van der Waals surface area contributed by atoms with E-state index in [1.54, 1.807) is 24.0 Å². The largest absolute Gasteiger partial charge is 0.396 e. The Bertz CT molecular complexity index is 522. The van der Waals surface area contributed by atoms with Gasteiger partial charge in [-0.25, -0.2) is 4.98 Å². The fourth-order valence-electron chi connectivity index (χ4n) is 2.36. The summed E-state index contributed by atoms with van der Waals surface area (Å²) in [4.78, 5) is 18.2. The highest BCUT2D eigenvalue weighted by Gasteiger charge is 2.24. The number of pyridine rings is 1. The molecule has 1 fully saturated rings. The first-order chi connectivity index (χ1) is 9.15. The predicted molar refractivity (Wildman–Crippen MR) is 69.4 cm³/mol. The number of hydrogen-bond acceptors (Lipinski definition) is 4. The summed E-state index contributed by atoms with van der Waals surface area (Å²) in [5.41, 5.74) is 1.43. The van der Waals surface area contributed by atoms with E-state index in [9.17, 15) is 9.90 Å². The van der Waals surface area contributed by atoms with Gasteiger partial charge in [-0.15, -0.1) is 0 Å². The van der Waals surface area contributed by atoms with Gasteiger partial charge in [0.1, 0.15) is 11.8 Å². The summed E-state index contributed by atoms with van der Waals surface area (Å²) < 4.78 is 0. The van der Waals surface area contributed by atoms with E-state index in [0.29, 0.717) is 30.0 Å². The second-order valence-corrected chi connectivity index (χ2v) is 4.88. The van der Waals surface area contributed by atoms with E-state index < -0.39 is 0 Å². The summed E-state index contributed by atoms with van der Waals surface area (Å²) in [5.74, 6) is 0.0444. The SMILES string of the molecule is Cc1nc(C(=O)N2CCCC(CO)C2)ccc1C#N. The summed E-state index contributed by atoms with van der Waals surface area (Å²) in [7, 11) is 0. The quantitative estimate of drug-likeness (QED) is 0.863. The fraction of sp³-hybridized carbons (Fsp3) is 0.500. The zero-order chi connectivity index (χ0) is 13.8. The molecule has 5 heteroatoms. The molecule has 1 amide bonds. The molecule has 5 nitrogen and oxygen atoms in total. The Balaban J connectivity index is 2.15. The van der Waals surface area contributed by atoms with E-state index >= 15 is 0 Å². The van der Waals surface area contributed by atoms with Gasteiger partial charge in [0.25, 0.3) is 5.91 Å². The summed E-state index contributed by atoms with van der Waals surface area (Å²) in [6.07, 6.45) is 1.87. The number of aryl methyl sites for hydroxylation is 1. The van der Waals surface area contributed by atoms with Crippen molar-refractivity contribution in [1.29, 1.82) is 5.26 Å². The molecule has 1 aliphatic rings. The first kappa shape index (κ1) is 13.5. The highest BCUT2D eigenvalue weighted by molar-refractivity contribution is 5.92. The average molecular weight is 259 g/mol. The molecule has 0 aliphatic carbocycles. The topological polar surface area (TPSA) is 77.2 Å². The second kappa shape index (κ2) is 5.81. The maximum atomic E-state index is 12.3. The molecule has 2 rings (SSSR count). The minimum Gasteiger partial charge on any atom is -0.396 e. The van der Waals surface area contributed by atoms with Crippen LogP contribution in [-0.2, 0) is 0 Å². The van der Waals surface area contributed by atoms with Gasteiger partial charge in [0.05, 0.1) is 11.3 Å². The van der Waals surface area contributed by atoms with Crippen molar-refractivity contribution in [2.24, 2.45) is 5.92 Å². The molecular formula is C14H17N3O2. The molecule has 1 aliphatic heterocycles. The Labute approximate surface area is 112 Å². The van der Waals surface area contributed by atoms with Crippen molar-refractivity contribution in [1.82, 2.24) is 9.88 Å². The van der Waals surface area contributed by atoms with Crippen LogP contribution in [0.1, 0.15) is 34.6 Å². The summed E-state index contributed by atoms with van der Waals surface area (Å²) in [5, 5.41) is 18.0. The highest BCUT2D eigenvalue weighted by atomic mass is 16.3. The lowest BCUT2D eigenvalue weighted by Crippen LogP contribution is -2.41. The van der Waals surface area contributed by atoms with Gasteiger partial charge < -0.3 is 10.0 Å². The van der Waals surface area contributed by atoms with Crippen molar-refractivity contribution in [3.05, 3.63) is 29.1 Å². The second-order valence-electron chi connectivity index (χ2n) is 4.88. The maximum absolute atomic E-state index is 12.3. The van der Waals surface area contributed by atoms with Crippen LogP contribution in [0.2, 0.25) is 0 Å². The Morgan fingerprint density at radius 2 is 2.42 bits per heavy atom. The molecule has 0 radical (unpaired) electrons. The highest BCUT2D eigenvalue weighted by Crippen LogP contribution is 2.18. The van der Waals surface area contributed by atoms with Crippen LogP contribution in [0.15, 0.2) is 12.1 Å². The van der Waals surface area contributed by atoms with E-state index in [-0.39, 0.29) is 18.4 Å². The van der Waals surface area contributed by atoms with E-state index in [1.807, 2.05) is 6.07 Å². The van der Waals surface area contributed by atoms with Crippen LogP contribution < -0.4 is 0 Å². The van der Waals surface area contributed by atoms with Crippen molar-refractivity contribution >= 4 is 5.91 Å². The van der Waals surface area contributed by atoms with Crippen molar-refractivity contribution in [3.8, 4) is 6.07 Å². The Kier molecular flexibility index (Phi) is 4.13. The number of hydrogen-bond donors (Lipinski definition) is 1. The number of piperidine rings is 1. The van der Waals surface area contributed by atoms with Crippen LogP contribution >= 0.6 is 0 Å². The normalized spacial score (nSPS) is 19.0. The summed E-state index contributed by atoms with van der Waals surface area (Å²) in [6, 6.07) is 5.26. The van der Waals surface area contributed by atoms with Crippen LogP contribution in [0.25, 0.3) is 0 Å². The molecule has 1 atom stereocenters. The molecule has 1 saturated heterocycles. The number of aromatic nitrogens is 1. The van der Waals surface area contributed by atoms with Gasteiger partial charge >= 0.3 is 0 Å². The standard InChI is InChI=1S/C14H17N3O2/c1-10-12(7-15)4-5-13(16-10)14(19)17-6-2-3-11(8-17)9-18/h4-5,11,18H,2-3,6,8-9H2,1H3. The minimum atomic E-state index is -0.120. The summed E-state index contributed by atoms with van der Waals surface area (Å²) >= 11 is 0. The molecule has 1 aromatic heterocycles. The van der Waals surface area contributed by atoms with Gasteiger partial charge in [-0.1, -0.05) is 0 Å². The lowest BCUT2D eigenvalue weighted by Gasteiger charge is -2.31. The number of rotatable bonds is 2. The number of nitriles is 1. The maximum Gasteiger partial charge on any atom is 0.272 e.